The molecule has 3 unspecified atom stereocenters. The summed E-state index contributed by atoms with van der Waals surface area (Å²) in [5.74, 6) is -1.11. The Balaban J connectivity index is 5.48. The van der Waals surface area contributed by atoms with Crippen LogP contribution in [0.2, 0.25) is 0 Å². The average molecular weight is 384 g/mol. The standard InChI is InChI=1S/C20H37N3O4/c1-7-8-9-16(12-24)23(15(6)25)20(27)18(11-14(4)5)22-19(26)17(21)10-13(2)3/h12-14,16-18H,7-11,21H2,1-6H3,(H,22,26). The lowest BCUT2D eigenvalue weighted by atomic mass is 9.99. The predicted octanol–water partition coefficient (Wildman–Crippen LogP) is 2.02. The lowest BCUT2D eigenvalue weighted by molar-refractivity contribution is -0.151. The van der Waals surface area contributed by atoms with E-state index in [0.717, 1.165) is 17.7 Å². The molecule has 7 heteroatoms. The van der Waals surface area contributed by atoms with Crippen molar-refractivity contribution in [2.45, 2.75) is 91.8 Å². The summed E-state index contributed by atoms with van der Waals surface area (Å²) < 4.78 is 0. The van der Waals surface area contributed by atoms with Gasteiger partial charge in [0.1, 0.15) is 12.3 Å². The summed E-state index contributed by atoms with van der Waals surface area (Å²) in [7, 11) is 0. The van der Waals surface area contributed by atoms with Crippen LogP contribution >= 0.6 is 0 Å². The van der Waals surface area contributed by atoms with Gasteiger partial charge in [0.2, 0.25) is 11.8 Å². The molecule has 3 amide bonds. The van der Waals surface area contributed by atoms with Crippen molar-refractivity contribution < 1.29 is 19.2 Å². The topological polar surface area (TPSA) is 110 Å². The van der Waals surface area contributed by atoms with E-state index < -0.39 is 35.8 Å². The quantitative estimate of drug-likeness (QED) is 0.501. The first-order valence-electron chi connectivity index (χ1n) is 9.89. The molecule has 3 N–H and O–H groups in total. The lowest BCUT2D eigenvalue weighted by Gasteiger charge is -2.31. The molecular formula is C20H37N3O4. The molecular weight excluding hydrogens is 346 g/mol. The first-order valence-corrected chi connectivity index (χ1v) is 9.89. The van der Waals surface area contributed by atoms with Gasteiger partial charge in [0.25, 0.3) is 5.91 Å². The molecule has 0 aliphatic rings. The zero-order valence-corrected chi connectivity index (χ0v) is 17.7. The van der Waals surface area contributed by atoms with E-state index in [1.54, 1.807) is 0 Å². The Labute approximate surface area is 163 Å². The molecule has 0 rings (SSSR count). The summed E-state index contributed by atoms with van der Waals surface area (Å²) in [6.45, 7) is 11.0. The number of imide groups is 1. The van der Waals surface area contributed by atoms with Crippen molar-refractivity contribution in [1.82, 2.24) is 10.2 Å². The highest BCUT2D eigenvalue weighted by Crippen LogP contribution is 2.14. The average Bonchev–Trinajstić information content (AvgIpc) is 2.55. The number of carbonyl (C=O) groups excluding carboxylic acids is 4. The van der Waals surface area contributed by atoms with Crippen LogP contribution < -0.4 is 11.1 Å². The van der Waals surface area contributed by atoms with Crippen molar-refractivity contribution in [2.75, 3.05) is 0 Å². The molecule has 0 bridgehead atoms. The number of amides is 3. The normalized spacial score (nSPS) is 14.6. The van der Waals surface area contributed by atoms with Gasteiger partial charge in [-0.2, -0.15) is 0 Å². The number of nitrogens with two attached hydrogens (primary N) is 1. The third-order valence-corrected chi connectivity index (χ3v) is 4.30. The van der Waals surface area contributed by atoms with E-state index in [4.69, 9.17) is 5.73 Å². The van der Waals surface area contributed by atoms with Crippen molar-refractivity contribution in [3.05, 3.63) is 0 Å². The number of nitrogens with one attached hydrogen (secondary N) is 1. The molecule has 27 heavy (non-hydrogen) atoms. The Morgan fingerprint density at radius 3 is 2.04 bits per heavy atom. The minimum absolute atomic E-state index is 0.111. The molecule has 0 aliphatic heterocycles. The van der Waals surface area contributed by atoms with Crippen LogP contribution in [0.25, 0.3) is 0 Å². The maximum atomic E-state index is 13.1. The summed E-state index contributed by atoms with van der Waals surface area (Å²) in [6.07, 6.45) is 3.48. The second kappa shape index (κ2) is 12.6. The van der Waals surface area contributed by atoms with Gasteiger partial charge in [0.15, 0.2) is 0 Å². The smallest absolute Gasteiger partial charge is 0.252 e. The second-order valence-corrected chi connectivity index (χ2v) is 8.00. The highest BCUT2D eigenvalue weighted by Gasteiger charge is 2.34. The second-order valence-electron chi connectivity index (χ2n) is 8.00. The van der Waals surface area contributed by atoms with Gasteiger partial charge in [-0.25, -0.2) is 0 Å². The fourth-order valence-corrected chi connectivity index (χ4v) is 2.98. The van der Waals surface area contributed by atoms with Crippen LogP contribution in [-0.4, -0.2) is 47.0 Å². The van der Waals surface area contributed by atoms with Gasteiger partial charge in [-0.3, -0.25) is 19.3 Å². The highest BCUT2D eigenvalue weighted by atomic mass is 16.2. The third-order valence-electron chi connectivity index (χ3n) is 4.30. The number of hydrogen-bond donors (Lipinski definition) is 2. The van der Waals surface area contributed by atoms with Gasteiger partial charge in [-0.05, 0) is 31.1 Å². The fraction of sp³-hybridized carbons (Fsp3) is 0.800. The Morgan fingerprint density at radius 2 is 1.63 bits per heavy atom. The van der Waals surface area contributed by atoms with E-state index in [9.17, 15) is 19.2 Å². The van der Waals surface area contributed by atoms with Crippen LogP contribution in [0, 0.1) is 11.8 Å². The molecule has 7 nitrogen and oxygen atoms in total. The highest BCUT2D eigenvalue weighted by molar-refractivity contribution is 6.01. The van der Waals surface area contributed by atoms with Crippen molar-refractivity contribution in [3.63, 3.8) is 0 Å². The van der Waals surface area contributed by atoms with E-state index in [1.165, 1.54) is 6.92 Å². The van der Waals surface area contributed by atoms with Crippen molar-refractivity contribution in [1.29, 1.82) is 0 Å². The van der Waals surface area contributed by atoms with Crippen LogP contribution in [-0.2, 0) is 19.2 Å². The monoisotopic (exact) mass is 383 g/mol. The van der Waals surface area contributed by atoms with Gasteiger partial charge < -0.3 is 15.8 Å². The van der Waals surface area contributed by atoms with Gasteiger partial charge in [0, 0.05) is 6.92 Å². The summed E-state index contributed by atoms with van der Waals surface area (Å²) >= 11 is 0. The third kappa shape index (κ3) is 9.13. The van der Waals surface area contributed by atoms with Crippen LogP contribution in [0.15, 0.2) is 0 Å². The first-order chi connectivity index (χ1) is 12.5. The van der Waals surface area contributed by atoms with Crippen LogP contribution in [0.3, 0.4) is 0 Å². The zero-order chi connectivity index (χ0) is 21.1. The van der Waals surface area contributed by atoms with Crippen molar-refractivity contribution >= 4 is 24.0 Å². The maximum Gasteiger partial charge on any atom is 0.252 e. The molecule has 0 aliphatic carbocycles. The first kappa shape index (κ1) is 25.2. The molecule has 0 aromatic carbocycles. The van der Waals surface area contributed by atoms with E-state index >= 15 is 0 Å². The summed E-state index contributed by atoms with van der Waals surface area (Å²) in [6, 6.07) is -2.42. The number of carbonyl (C=O) groups is 4. The Hall–Kier alpha value is -1.76. The molecule has 0 saturated carbocycles. The minimum Gasteiger partial charge on any atom is -0.343 e. The molecule has 0 radical (unpaired) electrons. The Bertz CT molecular complexity index is 505. The predicted molar refractivity (Wildman–Crippen MR) is 106 cm³/mol. The largest absolute Gasteiger partial charge is 0.343 e. The molecule has 156 valence electrons. The van der Waals surface area contributed by atoms with E-state index in [1.807, 2.05) is 34.6 Å². The molecule has 0 saturated heterocycles. The summed E-state index contributed by atoms with van der Waals surface area (Å²) in [4.78, 5) is 50.1. The Kier molecular flexibility index (Phi) is 11.8. The fourth-order valence-electron chi connectivity index (χ4n) is 2.98. The maximum absolute atomic E-state index is 13.1. The van der Waals surface area contributed by atoms with Gasteiger partial charge in [0.05, 0.1) is 12.1 Å². The summed E-state index contributed by atoms with van der Waals surface area (Å²) in [5.41, 5.74) is 5.92. The molecule has 0 spiro atoms. The van der Waals surface area contributed by atoms with Crippen molar-refractivity contribution in [2.24, 2.45) is 17.6 Å². The van der Waals surface area contributed by atoms with E-state index in [-0.39, 0.29) is 11.8 Å². The number of nitrogens with zero attached hydrogens (tertiary/aromatic N) is 1. The number of hydrogen-bond acceptors (Lipinski definition) is 5. The van der Waals surface area contributed by atoms with E-state index in [0.29, 0.717) is 25.5 Å². The van der Waals surface area contributed by atoms with Crippen molar-refractivity contribution in [3.8, 4) is 0 Å². The molecule has 0 fully saturated rings. The SMILES string of the molecule is CCCCC(C=O)N(C(C)=O)C(=O)C(CC(C)C)NC(=O)C(N)CC(C)C. The van der Waals surface area contributed by atoms with Gasteiger partial charge in [-0.15, -0.1) is 0 Å². The zero-order valence-electron chi connectivity index (χ0n) is 17.7. The molecule has 0 heterocycles. The summed E-state index contributed by atoms with van der Waals surface area (Å²) in [5, 5.41) is 2.70. The number of unbranched alkanes of at least 4 members (excludes halogenated alkanes) is 1. The molecule has 0 aromatic rings. The van der Waals surface area contributed by atoms with Gasteiger partial charge in [-0.1, -0.05) is 47.5 Å². The lowest BCUT2D eigenvalue weighted by Crippen LogP contribution is -2.56. The molecule has 3 atom stereocenters. The van der Waals surface area contributed by atoms with E-state index in [2.05, 4.69) is 5.32 Å². The molecule has 0 aromatic heterocycles. The van der Waals surface area contributed by atoms with Crippen LogP contribution in [0.4, 0.5) is 0 Å². The van der Waals surface area contributed by atoms with Gasteiger partial charge >= 0.3 is 0 Å². The number of aldehydes is 1. The minimum atomic E-state index is -0.885. The Morgan fingerprint density at radius 1 is 1.07 bits per heavy atom. The van der Waals surface area contributed by atoms with Crippen LogP contribution in [0.5, 0.6) is 0 Å². The number of rotatable bonds is 12. The van der Waals surface area contributed by atoms with Crippen LogP contribution in [0.1, 0.15) is 73.6 Å².